The number of fused-ring (bicyclic) bond motifs is 1. The first-order chi connectivity index (χ1) is 12.2. The van der Waals surface area contributed by atoms with Gasteiger partial charge in [0.2, 0.25) is 5.89 Å². The van der Waals surface area contributed by atoms with Crippen LogP contribution < -0.4 is 10.5 Å². The number of hydrogen-bond acceptors (Lipinski definition) is 6. The topological polar surface area (TPSA) is 95.2 Å². The highest BCUT2D eigenvalue weighted by molar-refractivity contribution is 5.53. The molecule has 0 saturated heterocycles. The van der Waals surface area contributed by atoms with Crippen molar-refractivity contribution in [3.05, 3.63) is 51.8 Å². The lowest BCUT2D eigenvalue weighted by Crippen LogP contribution is -2.18. The molecule has 1 aliphatic heterocycles. The van der Waals surface area contributed by atoms with Crippen LogP contribution in [-0.2, 0) is 24.3 Å². The maximum Gasteiger partial charge on any atom is 0.437 e. The van der Waals surface area contributed by atoms with Crippen LogP contribution in [0.5, 0.6) is 5.75 Å². The molecule has 130 valence electrons. The molecular formula is C17H18N4O4. The van der Waals surface area contributed by atoms with E-state index in [4.69, 9.17) is 13.9 Å². The quantitative estimate of drug-likeness (QED) is 0.759. The third kappa shape index (κ3) is 3.08. The second-order valence-electron chi connectivity index (χ2n) is 5.72. The monoisotopic (exact) mass is 342 g/mol. The number of nitrogens with zero attached hydrogens (tertiary/aromatic N) is 3. The number of nitrogens with one attached hydrogen (secondary N) is 1. The summed E-state index contributed by atoms with van der Waals surface area (Å²) in [6.45, 7) is 3.95. The molecule has 0 saturated carbocycles. The average molecular weight is 342 g/mol. The predicted molar refractivity (Wildman–Crippen MR) is 88.4 cm³/mol. The highest BCUT2D eigenvalue weighted by atomic mass is 16.5. The summed E-state index contributed by atoms with van der Waals surface area (Å²) in [7, 11) is 0. The van der Waals surface area contributed by atoms with Gasteiger partial charge in [-0.1, -0.05) is 0 Å². The molecule has 0 amide bonds. The summed E-state index contributed by atoms with van der Waals surface area (Å²) >= 11 is 0. The van der Waals surface area contributed by atoms with E-state index < -0.39 is 5.76 Å². The van der Waals surface area contributed by atoms with Crippen molar-refractivity contribution in [2.45, 2.75) is 26.5 Å². The number of ether oxygens (including phenoxy) is 2. The minimum absolute atomic E-state index is 0.245. The van der Waals surface area contributed by atoms with Crippen molar-refractivity contribution in [1.82, 2.24) is 20.0 Å². The van der Waals surface area contributed by atoms with Crippen LogP contribution in [0.2, 0.25) is 0 Å². The minimum atomic E-state index is -0.516. The van der Waals surface area contributed by atoms with Crippen molar-refractivity contribution in [2.75, 3.05) is 13.2 Å². The van der Waals surface area contributed by atoms with E-state index in [1.807, 2.05) is 31.2 Å². The Morgan fingerprint density at radius 2 is 2.16 bits per heavy atom. The van der Waals surface area contributed by atoms with Crippen LogP contribution in [0, 0.1) is 0 Å². The van der Waals surface area contributed by atoms with E-state index >= 15 is 0 Å². The minimum Gasteiger partial charge on any atom is -0.494 e. The Morgan fingerprint density at radius 3 is 2.96 bits per heavy atom. The summed E-state index contributed by atoms with van der Waals surface area (Å²) in [5, 5.41) is 11.6. The largest absolute Gasteiger partial charge is 0.494 e. The van der Waals surface area contributed by atoms with Gasteiger partial charge in [-0.2, -0.15) is 9.78 Å². The van der Waals surface area contributed by atoms with E-state index in [2.05, 4.69) is 15.3 Å². The molecule has 4 rings (SSSR count). The molecule has 8 nitrogen and oxygen atoms in total. The zero-order valence-corrected chi connectivity index (χ0v) is 13.8. The zero-order chi connectivity index (χ0) is 17.2. The maximum atomic E-state index is 12.1. The van der Waals surface area contributed by atoms with Crippen LogP contribution in [0.1, 0.15) is 23.9 Å². The van der Waals surface area contributed by atoms with Crippen LogP contribution in [-0.4, -0.2) is 33.2 Å². The first kappa shape index (κ1) is 15.6. The summed E-state index contributed by atoms with van der Waals surface area (Å²) < 4.78 is 17.4. The fourth-order valence-corrected chi connectivity index (χ4v) is 2.83. The van der Waals surface area contributed by atoms with E-state index in [1.165, 1.54) is 4.68 Å². The van der Waals surface area contributed by atoms with E-state index in [-0.39, 0.29) is 12.4 Å². The molecule has 1 aromatic carbocycles. The normalized spacial score (nSPS) is 13.6. The van der Waals surface area contributed by atoms with Gasteiger partial charge in [0.15, 0.2) is 0 Å². The number of aromatic nitrogens is 4. The standard InChI is InChI=1S/C17H18N4O4/c1-2-24-12-5-3-11(4-6-12)16-20-21(17(22)25-16)9-15-13-10-23-8-7-14(13)18-19-15/h3-6H,2,7-10H2,1H3,(H,18,19). The van der Waals surface area contributed by atoms with E-state index in [1.54, 1.807) is 0 Å². The Kier molecular flexibility index (Phi) is 4.10. The van der Waals surface area contributed by atoms with Crippen LogP contribution in [0.15, 0.2) is 33.5 Å². The second-order valence-corrected chi connectivity index (χ2v) is 5.72. The molecule has 0 spiro atoms. The number of hydrogen-bond donors (Lipinski definition) is 1. The van der Waals surface area contributed by atoms with Crippen LogP contribution >= 0.6 is 0 Å². The van der Waals surface area contributed by atoms with Gasteiger partial charge in [-0.25, -0.2) is 4.79 Å². The smallest absolute Gasteiger partial charge is 0.437 e. The number of H-pyrrole nitrogens is 1. The first-order valence-electron chi connectivity index (χ1n) is 8.18. The Hall–Kier alpha value is -2.87. The predicted octanol–water partition coefficient (Wildman–Crippen LogP) is 1.75. The molecule has 3 heterocycles. The molecule has 1 aliphatic rings. The van der Waals surface area contributed by atoms with Crippen molar-refractivity contribution in [3.8, 4) is 17.2 Å². The van der Waals surface area contributed by atoms with Gasteiger partial charge in [-0.05, 0) is 31.2 Å². The van der Waals surface area contributed by atoms with Crippen LogP contribution in [0.25, 0.3) is 11.5 Å². The van der Waals surface area contributed by atoms with Gasteiger partial charge >= 0.3 is 5.76 Å². The molecular weight excluding hydrogens is 324 g/mol. The van der Waals surface area contributed by atoms with Crippen molar-refractivity contribution in [3.63, 3.8) is 0 Å². The number of rotatable bonds is 5. The molecule has 1 N–H and O–H groups in total. The number of aromatic amines is 1. The van der Waals surface area contributed by atoms with Gasteiger partial charge in [0.25, 0.3) is 0 Å². The lowest BCUT2D eigenvalue weighted by Gasteiger charge is -2.11. The van der Waals surface area contributed by atoms with Crippen molar-refractivity contribution < 1.29 is 13.9 Å². The molecule has 0 atom stereocenters. The van der Waals surface area contributed by atoms with E-state index in [0.717, 1.165) is 29.1 Å². The Bertz CT molecular complexity index is 923. The fraction of sp³-hybridized carbons (Fsp3) is 0.353. The molecule has 0 unspecified atom stereocenters. The molecule has 0 aliphatic carbocycles. The molecule has 25 heavy (non-hydrogen) atoms. The molecule has 0 bridgehead atoms. The summed E-state index contributed by atoms with van der Waals surface area (Å²) in [5.41, 5.74) is 3.53. The van der Waals surface area contributed by atoms with Crippen LogP contribution in [0.3, 0.4) is 0 Å². The summed E-state index contributed by atoms with van der Waals surface area (Å²) in [6.07, 6.45) is 0.799. The Balaban J connectivity index is 1.58. The summed E-state index contributed by atoms with van der Waals surface area (Å²) in [5.74, 6) is 0.516. The van der Waals surface area contributed by atoms with Gasteiger partial charge in [-0.3, -0.25) is 5.10 Å². The van der Waals surface area contributed by atoms with Crippen molar-refractivity contribution >= 4 is 0 Å². The maximum absolute atomic E-state index is 12.1. The Labute approximate surface area is 143 Å². The van der Waals surface area contributed by atoms with E-state index in [0.29, 0.717) is 25.4 Å². The third-order valence-electron chi connectivity index (χ3n) is 4.10. The van der Waals surface area contributed by atoms with E-state index in [9.17, 15) is 4.79 Å². The zero-order valence-electron chi connectivity index (χ0n) is 13.8. The Morgan fingerprint density at radius 1 is 1.32 bits per heavy atom. The SMILES string of the molecule is CCOc1ccc(-c2nn(Cc3n[nH]c4c3COCC4)c(=O)o2)cc1. The molecule has 0 radical (unpaired) electrons. The first-order valence-corrected chi connectivity index (χ1v) is 8.18. The van der Waals surface area contributed by atoms with Gasteiger partial charge in [-0.15, -0.1) is 5.10 Å². The van der Waals surface area contributed by atoms with Gasteiger partial charge < -0.3 is 13.9 Å². The van der Waals surface area contributed by atoms with Crippen molar-refractivity contribution in [2.24, 2.45) is 0 Å². The molecule has 0 fully saturated rings. The van der Waals surface area contributed by atoms with Gasteiger partial charge in [0.1, 0.15) is 5.75 Å². The molecule has 8 heteroatoms. The summed E-state index contributed by atoms with van der Waals surface area (Å²) in [4.78, 5) is 12.1. The summed E-state index contributed by atoms with van der Waals surface area (Å²) in [6, 6.07) is 7.26. The fourth-order valence-electron chi connectivity index (χ4n) is 2.83. The molecule has 3 aromatic rings. The van der Waals surface area contributed by atoms with Gasteiger partial charge in [0, 0.05) is 23.2 Å². The van der Waals surface area contributed by atoms with Gasteiger partial charge in [0.05, 0.1) is 32.1 Å². The highest BCUT2D eigenvalue weighted by Gasteiger charge is 2.19. The molecule has 2 aromatic heterocycles. The lowest BCUT2D eigenvalue weighted by molar-refractivity contribution is 0.109. The second kappa shape index (κ2) is 6.56. The number of benzene rings is 1. The lowest BCUT2D eigenvalue weighted by atomic mass is 10.1. The average Bonchev–Trinajstić information content (AvgIpc) is 3.21. The van der Waals surface area contributed by atoms with Crippen LogP contribution in [0.4, 0.5) is 0 Å². The highest BCUT2D eigenvalue weighted by Crippen LogP contribution is 2.21. The third-order valence-corrected chi connectivity index (χ3v) is 4.10. The van der Waals surface area contributed by atoms with Crippen molar-refractivity contribution in [1.29, 1.82) is 0 Å².